The molecule has 0 aliphatic heterocycles. The molecule has 4 amide bonds. The van der Waals surface area contributed by atoms with Gasteiger partial charge in [-0.05, 0) is 45.4 Å². The molecular weight excluding hydrogens is 352 g/mol. The third-order valence-electron chi connectivity index (χ3n) is 4.15. The smallest absolute Gasteiger partial charge is 0.333 e. The van der Waals surface area contributed by atoms with Crippen LogP contribution in [0, 0.1) is 0 Å². The van der Waals surface area contributed by atoms with Gasteiger partial charge in [0.2, 0.25) is 0 Å². The summed E-state index contributed by atoms with van der Waals surface area (Å²) in [5.74, 6) is -0.430. The summed E-state index contributed by atoms with van der Waals surface area (Å²) in [4.78, 5) is 34.9. The highest BCUT2D eigenvalue weighted by Crippen LogP contribution is 2.18. The van der Waals surface area contributed by atoms with Crippen LogP contribution in [-0.4, -0.2) is 61.5 Å². The Kier molecular flexibility index (Phi) is 10.9. The summed E-state index contributed by atoms with van der Waals surface area (Å²) in [6, 6.07) is -0.496. The first-order valence-electron chi connectivity index (χ1n) is 9.44. The van der Waals surface area contributed by atoms with Crippen molar-refractivity contribution in [2.75, 3.05) is 26.3 Å². The molecule has 1 aliphatic rings. The van der Waals surface area contributed by atoms with E-state index in [-0.39, 0.29) is 37.4 Å². The topological polar surface area (TPSA) is 129 Å². The van der Waals surface area contributed by atoms with Gasteiger partial charge in [0.25, 0.3) is 0 Å². The van der Waals surface area contributed by atoms with Crippen LogP contribution in [0.25, 0.3) is 0 Å². The lowest BCUT2D eigenvalue weighted by Crippen LogP contribution is -2.50. The van der Waals surface area contributed by atoms with Crippen molar-refractivity contribution in [1.29, 1.82) is 0 Å². The lowest BCUT2D eigenvalue weighted by Gasteiger charge is -2.30. The van der Waals surface area contributed by atoms with Gasteiger partial charge in [-0.2, -0.15) is 0 Å². The summed E-state index contributed by atoms with van der Waals surface area (Å²) in [5.41, 5.74) is 0.350. The van der Waals surface area contributed by atoms with Crippen molar-refractivity contribution in [3.63, 3.8) is 0 Å². The van der Waals surface area contributed by atoms with Gasteiger partial charge in [-0.3, -0.25) is 0 Å². The number of aliphatic hydroxyl groups excluding tert-OH is 1. The average Bonchev–Trinajstić information content (AvgIpc) is 2.61. The van der Waals surface area contributed by atoms with Crippen LogP contribution < -0.4 is 21.3 Å². The molecule has 0 aromatic rings. The van der Waals surface area contributed by atoms with Crippen LogP contribution in [0.2, 0.25) is 0 Å². The molecule has 9 nitrogen and oxygen atoms in total. The molecule has 154 valence electrons. The van der Waals surface area contributed by atoms with Crippen LogP contribution in [0.3, 0.4) is 0 Å². The van der Waals surface area contributed by atoms with E-state index in [4.69, 9.17) is 9.84 Å². The fraction of sp³-hybridized carbons (Fsp3) is 0.722. The molecule has 2 unspecified atom stereocenters. The number of carbonyl (C=O) groups excluding carboxylic acids is 3. The normalized spacial score (nSPS) is 18.9. The molecule has 0 aromatic heterocycles. The molecule has 1 saturated carbocycles. The maximum atomic E-state index is 12.0. The van der Waals surface area contributed by atoms with Gasteiger partial charge < -0.3 is 31.1 Å². The molecule has 1 rings (SSSR count). The van der Waals surface area contributed by atoms with Crippen molar-refractivity contribution in [3.05, 3.63) is 12.2 Å². The van der Waals surface area contributed by atoms with Crippen LogP contribution in [0.5, 0.6) is 0 Å². The minimum Gasteiger partial charge on any atom is -0.462 e. The van der Waals surface area contributed by atoms with E-state index >= 15 is 0 Å². The standard InChI is InChI=1S/C18H32N4O5/c1-13(2)16(24)27-11-5-9-20-18(26)22-15-7-3-6-14(12-15)21-17(25)19-8-4-10-23/h14-15,23H,1,3-12H2,2H3,(H2,19,21,25)(H2,20,22,26). The van der Waals surface area contributed by atoms with E-state index < -0.39 is 5.97 Å². The van der Waals surface area contributed by atoms with Crippen molar-refractivity contribution < 1.29 is 24.2 Å². The van der Waals surface area contributed by atoms with Gasteiger partial charge >= 0.3 is 18.0 Å². The van der Waals surface area contributed by atoms with Gasteiger partial charge in [0.05, 0.1) is 6.61 Å². The summed E-state index contributed by atoms with van der Waals surface area (Å²) < 4.78 is 4.95. The van der Waals surface area contributed by atoms with Gasteiger partial charge in [-0.1, -0.05) is 6.58 Å². The Balaban J connectivity index is 2.17. The van der Waals surface area contributed by atoms with E-state index in [0.29, 0.717) is 37.9 Å². The fourth-order valence-electron chi connectivity index (χ4n) is 2.77. The molecule has 2 atom stereocenters. The highest BCUT2D eigenvalue weighted by molar-refractivity contribution is 5.86. The zero-order valence-corrected chi connectivity index (χ0v) is 16.0. The summed E-state index contributed by atoms with van der Waals surface area (Å²) in [6.07, 6.45) is 4.39. The number of hydrogen-bond acceptors (Lipinski definition) is 5. The highest BCUT2D eigenvalue weighted by atomic mass is 16.5. The number of urea groups is 2. The molecular formula is C18H32N4O5. The van der Waals surface area contributed by atoms with Crippen LogP contribution in [0.15, 0.2) is 12.2 Å². The number of esters is 1. The monoisotopic (exact) mass is 384 g/mol. The van der Waals surface area contributed by atoms with Crippen LogP contribution in [0.1, 0.15) is 45.4 Å². The van der Waals surface area contributed by atoms with Crippen molar-refractivity contribution >= 4 is 18.0 Å². The largest absolute Gasteiger partial charge is 0.462 e. The van der Waals surface area contributed by atoms with E-state index in [1.165, 1.54) is 0 Å². The number of amides is 4. The van der Waals surface area contributed by atoms with Gasteiger partial charge in [0.15, 0.2) is 0 Å². The second-order valence-electron chi connectivity index (χ2n) is 6.71. The van der Waals surface area contributed by atoms with Gasteiger partial charge in [-0.25, -0.2) is 14.4 Å². The zero-order chi connectivity index (χ0) is 20.1. The van der Waals surface area contributed by atoms with Gasteiger partial charge in [0.1, 0.15) is 0 Å². The Labute approximate surface area is 160 Å². The van der Waals surface area contributed by atoms with E-state index in [1.54, 1.807) is 6.92 Å². The van der Waals surface area contributed by atoms with Crippen molar-refractivity contribution in [2.24, 2.45) is 0 Å². The molecule has 1 aliphatic carbocycles. The molecule has 1 fully saturated rings. The van der Waals surface area contributed by atoms with Gasteiger partial charge in [0, 0.05) is 37.4 Å². The minimum atomic E-state index is -0.430. The van der Waals surface area contributed by atoms with Crippen molar-refractivity contribution in [2.45, 2.75) is 57.5 Å². The molecule has 0 aromatic carbocycles. The predicted octanol–water partition coefficient (Wildman–Crippen LogP) is 0.788. The SMILES string of the molecule is C=C(C)C(=O)OCCCNC(=O)NC1CCCC(NC(=O)NCCCO)C1. The first kappa shape index (κ1) is 22.8. The maximum absolute atomic E-state index is 12.0. The molecule has 0 heterocycles. The average molecular weight is 384 g/mol. The zero-order valence-electron chi connectivity index (χ0n) is 16.0. The summed E-state index contributed by atoms with van der Waals surface area (Å²) >= 11 is 0. The quantitative estimate of drug-likeness (QED) is 0.216. The summed E-state index contributed by atoms with van der Waals surface area (Å²) in [5, 5.41) is 20.0. The molecule has 9 heteroatoms. The number of nitrogens with one attached hydrogen (secondary N) is 4. The van der Waals surface area contributed by atoms with Crippen molar-refractivity contribution in [3.8, 4) is 0 Å². The number of hydrogen-bond donors (Lipinski definition) is 5. The third kappa shape index (κ3) is 10.4. The van der Waals surface area contributed by atoms with E-state index in [2.05, 4.69) is 27.8 Å². The summed E-state index contributed by atoms with van der Waals surface area (Å²) in [7, 11) is 0. The Bertz CT molecular complexity index is 512. The van der Waals surface area contributed by atoms with Crippen LogP contribution in [-0.2, 0) is 9.53 Å². The second-order valence-corrected chi connectivity index (χ2v) is 6.71. The third-order valence-corrected chi connectivity index (χ3v) is 4.15. The van der Waals surface area contributed by atoms with Gasteiger partial charge in [-0.15, -0.1) is 0 Å². The molecule has 5 N–H and O–H groups in total. The first-order valence-corrected chi connectivity index (χ1v) is 9.44. The highest BCUT2D eigenvalue weighted by Gasteiger charge is 2.24. The van der Waals surface area contributed by atoms with Crippen LogP contribution >= 0.6 is 0 Å². The molecule has 0 bridgehead atoms. The van der Waals surface area contributed by atoms with Crippen molar-refractivity contribution in [1.82, 2.24) is 21.3 Å². The first-order chi connectivity index (χ1) is 12.9. The molecule has 27 heavy (non-hydrogen) atoms. The molecule has 0 radical (unpaired) electrons. The molecule has 0 spiro atoms. The Morgan fingerprint density at radius 3 is 2.11 bits per heavy atom. The second kappa shape index (κ2) is 13.0. The lowest BCUT2D eigenvalue weighted by molar-refractivity contribution is -0.138. The molecule has 0 saturated heterocycles. The Morgan fingerprint density at radius 1 is 1.04 bits per heavy atom. The lowest BCUT2D eigenvalue weighted by atomic mass is 9.91. The summed E-state index contributed by atoms with van der Waals surface area (Å²) in [6.45, 7) is 6.18. The Hall–Kier alpha value is -2.29. The number of rotatable bonds is 10. The number of ether oxygens (including phenoxy) is 1. The maximum Gasteiger partial charge on any atom is 0.333 e. The number of aliphatic hydroxyl groups is 1. The minimum absolute atomic E-state index is 0.00253. The van der Waals surface area contributed by atoms with E-state index in [0.717, 1.165) is 19.3 Å². The number of carbonyl (C=O) groups is 3. The van der Waals surface area contributed by atoms with E-state index in [9.17, 15) is 14.4 Å². The Morgan fingerprint density at radius 2 is 1.59 bits per heavy atom. The fourth-order valence-corrected chi connectivity index (χ4v) is 2.77. The predicted molar refractivity (Wildman–Crippen MR) is 101 cm³/mol. The van der Waals surface area contributed by atoms with Crippen LogP contribution in [0.4, 0.5) is 9.59 Å². The van der Waals surface area contributed by atoms with E-state index in [1.807, 2.05) is 0 Å².